The Kier molecular flexibility index (Phi) is 3.38. The van der Waals surface area contributed by atoms with E-state index in [2.05, 4.69) is 38.0 Å². The Balaban J connectivity index is 2.85. The molecule has 0 aromatic carbocycles. The molecule has 1 rings (SSSR count). The normalized spacial score (nSPS) is 12.9. The molecule has 3 N–H and O–H groups in total. The molecule has 1 heterocycles. The molecule has 0 amide bonds. The van der Waals surface area contributed by atoms with E-state index in [-0.39, 0.29) is 17.3 Å². The van der Waals surface area contributed by atoms with Crippen molar-refractivity contribution in [1.29, 1.82) is 5.26 Å². The Hall–Kier alpha value is -1.76. The second-order valence-corrected chi connectivity index (χ2v) is 4.80. The minimum atomic E-state index is 0.0207. The van der Waals surface area contributed by atoms with E-state index in [9.17, 15) is 0 Å². The van der Waals surface area contributed by atoms with Crippen LogP contribution < -0.4 is 11.1 Å². The van der Waals surface area contributed by atoms with Crippen molar-refractivity contribution in [2.24, 2.45) is 5.41 Å². The average molecular weight is 217 g/mol. The zero-order valence-corrected chi connectivity index (χ0v) is 9.91. The van der Waals surface area contributed by atoms with Crippen molar-refractivity contribution in [3.8, 4) is 6.07 Å². The van der Waals surface area contributed by atoms with Gasteiger partial charge in [0.25, 0.3) is 0 Å². The quantitative estimate of drug-likeness (QED) is 0.796. The van der Waals surface area contributed by atoms with Crippen LogP contribution in [0, 0.1) is 23.7 Å². The van der Waals surface area contributed by atoms with Gasteiger partial charge in [-0.05, 0) is 24.5 Å². The van der Waals surface area contributed by atoms with Gasteiger partial charge in [-0.1, -0.05) is 20.8 Å². The lowest BCUT2D eigenvalue weighted by Crippen LogP contribution is -2.31. The van der Waals surface area contributed by atoms with Gasteiger partial charge in [-0.3, -0.25) is 0 Å². The Morgan fingerprint density at radius 2 is 2.12 bits per heavy atom. The Morgan fingerprint density at radius 3 is 2.56 bits per heavy atom. The SMILES string of the molecule is [CH2]C(Nc1ccc(C#N)c(N)n1)C(C)(C)C. The molecule has 0 aliphatic heterocycles. The molecule has 4 heteroatoms. The van der Waals surface area contributed by atoms with E-state index in [1.54, 1.807) is 12.1 Å². The van der Waals surface area contributed by atoms with Gasteiger partial charge in [-0.25, -0.2) is 4.98 Å². The first-order valence-corrected chi connectivity index (χ1v) is 5.11. The number of nitrogen functional groups attached to an aromatic ring is 1. The smallest absolute Gasteiger partial charge is 0.143 e. The van der Waals surface area contributed by atoms with Crippen LogP contribution >= 0.6 is 0 Å². The molecule has 0 spiro atoms. The summed E-state index contributed by atoms with van der Waals surface area (Å²) in [6.45, 7) is 10.3. The van der Waals surface area contributed by atoms with Crippen molar-refractivity contribution in [2.75, 3.05) is 11.1 Å². The summed E-state index contributed by atoms with van der Waals surface area (Å²) in [5, 5.41) is 11.9. The van der Waals surface area contributed by atoms with Gasteiger partial charge in [0.1, 0.15) is 17.7 Å². The van der Waals surface area contributed by atoms with E-state index >= 15 is 0 Å². The zero-order chi connectivity index (χ0) is 12.3. The standard InChI is InChI=1S/C12H17N4/c1-8(12(2,3)4)15-10-6-5-9(7-13)11(14)16-10/h5-6,8H,1H2,2-4H3,(H3,14,15,16). The van der Waals surface area contributed by atoms with Crippen LogP contribution in [0.25, 0.3) is 0 Å². The van der Waals surface area contributed by atoms with Crippen molar-refractivity contribution < 1.29 is 0 Å². The molecule has 16 heavy (non-hydrogen) atoms. The van der Waals surface area contributed by atoms with Gasteiger partial charge in [0, 0.05) is 6.04 Å². The highest BCUT2D eigenvalue weighted by Gasteiger charge is 2.20. The van der Waals surface area contributed by atoms with Gasteiger partial charge in [0.15, 0.2) is 0 Å². The van der Waals surface area contributed by atoms with Crippen LogP contribution in [0.3, 0.4) is 0 Å². The maximum Gasteiger partial charge on any atom is 0.143 e. The van der Waals surface area contributed by atoms with Gasteiger partial charge in [0.05, 0.1) is 5.56 Å². The first kappa shape index (κ1) is 12.3. The fourth-order valence-corrected chi connectivity index (χ4v) is 1.04. The number of rotatable bonds is 2. The van der Waals surface area contributed by atoms with Crippen molar-refractivity contribution >= 4 is 11.6 Å². The summed E-state index contributed by atoms with van der Waals surface area (Å²) in [6, 6.07) is 5.38. The van der Waals surface area contributed by atoms with E-state index in [1.165, 1.54) is 0 Å². The molecule has 4 nitrogen and oxygen atoms in total. The van der Waals surface area contributed by atoms with Crippen LogP contribution in [0.5, 0.6) is 0 Å². The summed E-state index contributed by atoms with van der Waals surface area (Å²) in [4.78, 5) is 4.10. The van der Waals surface area contributed by atoms with E-state index in [4.69, 9.17) is 11.0 Å². The van der Waals surface area contributed by atoms with Crippen LogP contribution in [-0.4, -0.2) is 11.0 Å². The number of hydrogen-bond donors (Lipinski definition) is 2. The van der Waals surface area contributed by atoms with Gasteiger partial charge in [-0.2, -0.15) is 5.26 Å². The van der Waals surface area contributed by atoms with Crippen LogP contribution in [0.2, 0.25) is 0 Å². The highest BCUT2D eigenvalue weighted by molar-refractivity contribution is 5.54. The first-order valence-electron chi connectivity index (χ1n) is 5.11. The molecule has 85 valence electrons. The number of nitrogens with two attached hydrogens (primary N) is 1. The number of nitrogens with one attached hydrogen (secondary N) is 1. The minimum Gasteiger partial charge on any atom is -0.383 e. The average Bonchev–Trinajstić information content (AvgIpc) is 2.16. The molecular weight excluding hydrogens is 200 g/mol. The van der Waals surface area contributed by atoms with Crippen molar-refractivity contribution in [1.82, 2.24) is 4.98 Å². The predicted molar refractivity (Wildman–Crippen MR) is 65.6 cm³/mol. The van der Waals surface area contributed by atoms with Crippen LogP contribution in [0.1, 0.15) is 26.3 Å². The Morgan fingerprint density at radius 1 is 1.50 bits per heavy atom. The van der Waals surface area contributed by atoms with Crippen LogP contribution in [0.4, 0.5) is 11.6 Å². The van der Waals surface area contributed by atoms with Gasteiger partial charge < -0.3 is 11.1 Å². The third kappa shape index (κ3) is 2.86. The maximum atomic E-state index is 8.72. The number of nitriles is 1. The summed E-state index contributed by atoms with van der Waals surface area (Å²) in [7, 11) is 0. The molecule has 1 aromatic rings. The lowest BCUT2D eigenvalue weighted by atomic mass is 9.88. The molecule has 0 saturated heterocycles. The number of hydrogen-bond acceptors (Lipinski definition) is 4. The maximum absolute atomic E-state index is 8.72. The summed E-state index contributed by atoms with van der Waals surface area (Å²) in [5.41, 5.74) is 6.05. The third-order valence-electron chi connectivity index (χ3n) is 2.41. The van der Waals surface area contributed by atoms with Crippen LogP contribution in [0.15, 0.2) is 12.1 Å². The molecule has 1 unspecified atom stereocenters. The summed E-state index contributed by atoms with van der Waals surface area (Å²) in [6.07, 6.45) is 0. The van der Waals surface area contributed by atoms with Crippen LogP contribution in [-0.2, 0) is 0 Å². The van der Waals surface area contributed by atoms with Crippen molar-refractivity contribution in [2.45, 2.75) is 26.8 Å². The number of pyridine rings is 1. The number of anilines is 2. The molecule has 0 saturated carbocycles. The van der Waals surface area contributed by atoms with E-state index in [0.29, 0.717) is 11.4 Å². The van der Waals surface area contributed by atoms with E-state index in [0.717, 1.165) is 0 Å². The topological polar surface area (TPSA) is 74.7 Å². The second kappa shape index (κ2) is 4.40. The molecule has 1 atom stereocenters. The molecular formula is C12H17N4. The summed E-state index contributed by atoms with van der Waals surface area (Å²) in [5.74, 6) is 0.889. The largest absolute Gasteiger partial charge is 0.383 e. The van der Waals surface area contributed by atoms with E-state index < -0.39 is 0 Å². The minimum absolute atomic E-state index is 0.0207. The molecule has 1 aromatic heterocycles. The van der Waals surface area contributed by atoms with Crippen molar-refractivity contribution in [3.05, 3.63) is 24.6 Å². The predicted octanol–water partition coefficient (Wildman–Crippen LogP) is 2.20. The summed E-state index contributed by atoms with van der Waals surface area (Å²) >= 11 is 0. The van der Waals surface area contributed by atoms with Gasteiger partial charge >= 0.3 is 0 Å². The first-order chi connectivity index (χ1) is 7.34. The number of nitrogens with zero attached hydrogens (tertiary/aromatic N) is 2. The highest BCUT2D eigenvalue weighted by atomic mass is 15.0. The molecule has 0 fully saturated rings. The fraction of sp³-hybridized carbons (Fsp3) is 0.417. The molecule has 0 aliphatic rings. The van der Waals surface area contributed by atoms with E-state index in [1.807, 2.05) is 6.07 Å². The lowest BCUT2D eigenvalue weighted by molar-refractivity contribution is 0.382. The van der Waals surface area contributed by atoms with Gasteiger partial charge in [0.2, 0.25) is 0 Å². The monoisotopic (exact) mass is 217 g/mol. The molecule has 0 bridgehead atoms. The van der Waals surface area contributed by atoms with Gasteiger partial charge in [-0.15, -0.1) is 0 Å². The Labute approximate surface area is 96.5 Å². The highest BCUT2D eigenvalue weighted by Crippen LogP contribution is 2.22. The Bertz CT molecular complexity index is 412. The second-order valence-electron chi connectivity index (χ2n) is 4.80. The van der Waals surface area contributed by atoms with Crippen molar-refractivity contribution in [3.63, 3.8) is 0 Å². The molecule has 0 aliphatic carbocycles. The fourth-order valence-electron chi connectivity index (χ4n) is 1.04. The zero-order valence-electron chi connectivity index (χ0n) is 9.91. The lowest BCUT2D eigenvalue weighted by Gasteiger charge is -2.28. The summed E-state index contributed by atoms with van der Waals surface area (Å²) < 4.78 is 0. The third-order valence-corrected chi connectivity index (χ3v) is 2.41. The molecule has 1 radical (unpaired) electrons. The number of aromatic nitrogens is 1.